The first-order valence-corrected chi connectivity index (χ1v) is 13.1. The van der Waals surface area contributed by atoms with Gasteiger partial charge in [0.05, 0.1) is 0 Å². The van der Waals surface area contributed by atoms with E-state index in [1.54, 1.807) is 0 Å². The van der Waals surface area contributed by atoms with Crippen LogP contribution in [-0.2, 0) is 75.9 Å². The molecule has 18 heteroatoms. The number of carbonyl (C=O) groups excluding carboxylic acids is 6. The van der Waals surface area contributed by atoms with Crippen molar-refractivity contribution in [2.75, 3.05) is 13.2 Å². The Morgan fingerprint density at radius 2 is 1.00 bits per heavy atom. The topological polar surface area (TPSA) is 215 Å². The fourth-order valence-electron chi connectivity index (χ4n) is 4.26. The molecule has 238 valence electrons. The van der Waals surface area contributed by atoms with Crippen LogP contribution in [0, 0.1) is 0 Å². The highest BCUT2D eigenvalue weighted by Gasteiger charge is 2.56. The first kappa shape index (κ1) is 35.2. The molecule has 0 bridgehead atoms. The summed E-state index contributed by atoms with van der Waals surface area (Å²) in [5.74, 6) is -4.82. The molecule has 1 unspecified atom stereocenters. The summed E-state index contributed by atoms with van der Waals surface area (Å²) >= 11 is 0. The second-order valence-electron chi connectivity index (χ2n) is 9.21. The number of carbonyl (C=O) groups is 6. The van der Waals surface area contributed by atoms with Gasteiger partial charge in [0.2, 0.25) is 0 Å². The lowest BCUT2D eigenvalue weighted by atomic mass is 9.96. The van der Waals surface area contributed by atoms with Gasteiger partial charge in [-0.2, -0.15) is 0 Å². The van der Waals surface area contributed by atoms with Crippen molar-refractivity contribution in [1.29, 1.82) is 0 Å². The summed E-state index contributed by atoms with van der Waals surface area (Å²) in [6.45, 7) is 5.50. The van der Waals surface area contributed by atoms with E-state index in [1.807, 2.05) is 9.47 Å². The number of esters is 6. The second kappa shape index (κ2) is 16.0. The van der Waals surface area contributed by atoms with E-state index in [-0.39, 0.29) is 0 Å². The van der Waals surface area contributed by atoms with Crippen LogP contribution in [0.1, 0.15) is 41.5 Å². The second-order valence-corrected chi connectivity index (χ2v) is 9.49. The molecule has 0 aromatic carbocycles. The highest BCUT2D eigenvalue weighted by atomic mass is 31.0. The minimum Gasteiger partial charge on any atom is -0.463 e. The van der Waals surface area contributed by atoms with Gasteiger partial charge in [0, 0.05) is 51.0 Å². The lowest BCUT2D eigenvalue weighted by Crippen LogP contribution is -2.66. The third-order valence-electron chi connectivity index (χ3n) is 5.74. The smallest absolute Gasteiger partial charge is 0.303 e. The van der Waals surface area contributed by atoms with Gasteiger partial charge in [0.15, 0.2) is 43.1 Å². The molecule has 2 aliphatic heterocycles. The first-order chi connectivity index (χ1) is 19.6. The first-order valence-electron chi connectivity index (χ1n) is 12.6. The quantitative estimate of drug-likeness (QED) is 0.163. The fraction of sp³-hybridized carbons (Fsp3) is 0.750. The Morgan fingerprint density at radius 3 is 1.48 bits per heavy atom. The molecule has 0 radical (unpaired) electrons. The van der Waals surface area contributed by atoms with Gasteiger partial charge in [0.25, 0.3) is 0 Å². The van der Waals surface area contributed by atoms with Gasteiger partial charge in [-0.05, 0) is 0 Å². The summed E-state index contributed by atoms with van der Waals surface area (Å²) in [5.41, 5.74) is 0. The molecule has 0 saturated carbocycles. The molecule has 2 fully saturated rings. The minimum atomic E-state index is -1.71. The van der Waals surface area contributed by atoms with Crippen molar-refractivity contribution in [3.05, 3.63) is 0 Å². The van der Waals surface area contributed by atoms with E-state index in [0.29, 0.717) is 0 Å². The zero-order chi connectivity index (χ0) is 31.7. The lowest BCUT2D eigenvalue weighted by molar-refractivity contribution is -0.358. The summed E-state index contributed by atoms with van der Waals surface area (Å²) < 4.78 is 54.2. The summed E-state index contributed by atoms with van der Waals surface area (Å²) in [7, 11) is 1.91. The van der Waals surface area contributed by atoms with Crippen LogP contribution in [0.3, 0.4) is 0 Å². The van der Waals surface area contributed by atoms with Crippen LogP contribution < -0.4 is 0 Å². The van der Waals surface area contributed by atoms with E-state index in [1.165, 1.54) is 0 Å². The molecule has 0 aliphatic carbocycles. The molecule has 17 nitrogen and oxygen atoms in total. The molecule has 2 saturated heterocycles. The Balaban J connectivity index is 2.54. The van der Waals surface area contributed by atoms with Crippen molar-refractivity contribution in [3.63, 3.8) is 0 Å². The fourth-order valence-corrected chi connectivity index (χ4v) is 4.48. The molecular weight excluding hydrogens is 591 g/mol. The molecule has 0 aromatic rings. The standard InChI is InChI=1S/C24H35O17P/c1-9(25)32-7-15-17(31)19(35-12(4)28)21(24(38-15)41-42)40-23-22(37-14(6)30)20(36-13(5)29)18(34-11(3)27)16(39-23)8-33-10(2)26/h15-24,31H,7-8,42H2,1-6H3/t15-,16+,17+,18+,19-,20-,21-,22-,23+,24+/m0/s1. The maximum atomic E-state index is 12.1. The average Bonchev–Trinajstić information content (AvgIpc) is 2.86. The number of rotatable bonds is 11. The van der Waals surface area contributed by atoms with E-state index in [4.69, 9.17) is 47.2 Å². The number of ether oxygens (including phenoxy) is 9. The number of hydrogen-bond donors (Lipinski definition) is 1. The lowest BCUT2D eigenvalue weighted by Gasteiger charge is -2.48. The van der Waals surface area contributed by atoms with Crippen LogP contribution in [0.4, 0.5) is 0 Å². The van der Waals surface area contributed by atoms with Gasteiger partial charge in [-0.25, -0.2) is 0 Å². The minimum absolute atomic E-state index is 0.440. The molecule has 2 rings (SSSR count). The van der Waals surface area contributed by atoms with Crippen molar-refractivity contribution < 1.29 is 81.0 Å². The van der Waals surface area contributed by atoms with Crippen molar-refractivity contribution in [1.82, 2.24) is 0 Å². The zero-order valence-electron chi connectivity index (χ0n) is 23.7. The Bertz CT molecular complexity index is 1000. The van der Waals surface area contributed by atoms with Gasteiger partial charge < -0.3 is 52.3 Å². The summed E-state index contributed by atoms with van der Waals surface area (Å²) in [4.78, 5) is 71.0. The Morgan fingerprint density at radius 1 is 0.571 bits per heavy atom. The maximum absolute atomic E-state index is 12.1. The van der Waals surface area contributed by atoms with Crippen LogP contribution in [0.2, 0.25) is 0 Å². The monoisotopic (exact) mass is 626 g/mol. The number of hydrogen-bond acceptors (Lipinski definition) is 17. The van der Waals surface area contributed by atoms with Gasteiger partial charge >= 0.3 is 35.8 Å². The molecule has 1 N–H and O–H groups in total. The van der Waals surface area contributed by atoms with Gasteiger partial charge in [-0.15, -0.1) is 0 Å². The van der Waals surface area contributed by atoms with Crippen molar-refractivity contribution in [2.45, 2.75) is 103 Å². The summed E-state index contributed by atoms with van der Waals surface area (Å²) in [5, 5.41) is 11.0. The highest BCUT2D eigenvalue weighted by Crippen LogP contribution is 2.35. The Labute approximate surface area is 242 Å². The van der Waals surface area contributed by atoms with E-state index in [2.05, 4.69) is 0 Å². The molecule has 0 aromatic heterocycles. The summed E-state index contributed by atoms with van der Waals surface area (Å²) in [6.07, 6.45) is -15.0. The van der Waals surface area contributed by atoms with E-state index in [9.17, 15) is 33.9 Å². The molecular formula is C24H35O17P. The highest BCUT2D eigenvalue weighted by molar-refractivity contribution is 7.09. The molecule has 42 heavy (non-hydrogen) atoms. The number of aliphatic hydroxyl groups is 1. The maximum Gasteiger partial charge on any atom is 0.303 e. The van der Waals surface area contributed by atoms with Crippen molar-refractivity contribution >= 4 is 45.3 Å². The predicted molar refractivity (Wildman–Crippen MR) is 134 cm³/mol. The molecule has 2 heterocycles. The zero-order valence-corrected chi connectivity index (χ0v) is 24.9. The van der Waals surface area contributed by atoms with Crippen LogP contribution >= 0.6 is 9.47 Å². The van der Waals surface area contributed by atoms with Crippen molar-refractivity contribution in [2.24, 2.45) is 0 Å². The van der Waals surface area contributed by atoms with E-state index in [0.717, 1.165) is 41.5 Å². The van der Waals surface area contributed by atoms with Crippen LogP contribution in [0.15, 0.2) is 0 Å². The van der Waals surface area contributed by atoms with Crippen molar-refractivity contribution in [3.8, 4) is 0 Å². The third kappa shape index (κ3) is 10.1. The molecule has 0 amide bonds. The van der Waals surface area contributed by atoms with E-state index >= 15 is 0 Å². The predicted octanol–water partition coefficient (Wildman–Crippen LogP) is -1.16. The van der Waals surface area contributed by atoms with Crippen LogP contribution in [0.25, 0.3) is 0 Å². The SMILES string of the molecule is CC(=O)OC[C@@H]1O[C@H](OP)[C@@H](O[C@H]2O[C@H](COC(C)=O)[C@@H](OC(C)=O)[C@H](OC(C)=O)[C@@H]2OC(C)=O)[C@@H](OC(C)=O)[C@@H]1O. The Kier molecular flexibility index (Phi) is 13.5. The summed E-state index contributed by atoms with van der Waals surface area (Å²) in [6, 6.07) is 0. The Hall–Kier alpha value is -2.95. The third-order valence-corrected chi connectivity index (χ3v) is 6.01. The molecule has 11 atom stereocenters. The molecule has 0 spiro atoms. The normalized spacial score (nSPS) is 32.6. The molecule has 2 aliphatic rings. The van der Waals surface area contributed by atoms with Gasteiger partial charge in [-0.1, -0.05) is 0 Å². The van der Waals surface area contributed by atoms with Crippen LogP contribution in [0.5, 0.6) is 0 Å². The number of aliphatic hydroxyl groups excluding tert-OH is 1. The van der Waals surface area contributed by atoms with Gasteiger partial charge in [-0.3, -0.25) is 28.8 Å². The van der Waals surface area contributed by atoms with Crippen LogP contribution in [-0.4, -0.2) is 116 Å². The van der Waals surface area contributed by atoms with E-state index < -0.39 is 110 Å². The largest absolute Gasteiger partial charge is 0.463 e. The van der Waals surface area contributed by atoms with Gasteiger partial charge in [0.1, 0.15) is 31.5 Å². The average molecular weight is 627 g/mol.